The molecule has 1 aromatic carbocycles. The minimum atomic E-state index is -0.706. The third-order valence-corrected chi connectivity index (χ3v) is 3.54. The maximum absolute atomic E-state index is 12.4. The average Bonchev–Trinajstić information content (AvgIpc) is 3.11. The zero-order valence-corrected chi connectivity index (χ0v) is 13.5. The Balaban J connectivity index is 1.84. The highest BCUT2D eigenvalue weighted by atomic mass is 16.6. The molecule has 3 aromatic rings. The van der Waals surface area contributed by atoms with Crippen LogP contribution in [0, 0.1) is 0 Å². The van der Waals surface area contributed by atoms with Gasteiger partial charge in [-0.25, -0.2) is 14.3 Å². The lowest BCUT2D eigenvalue weighted by molar-refractivity contribution is 0.0431. The summed E-state index contributed by atoms with van der Waals surface area (Å²) in [5.74, 6) is -1.03. The van der Waals surface area contributed by atoms with Gasteiger partial charge in [0, 0.05) is 12.4 Å². The van der Waals surface area contributed by atoms with E-state index in [1.165, 1.54) is 26.3 Å². The Morgan fingerprint density at radius 1 is 1.12 bits per heavy atom. The third-order valence-electron chi connectivity index (χ3n) is 3.54. The van der Waals surface area contributed by atoms with Gasteiger partial charge < -0.3 is 13.9 Å². The molecule has 2 aromatic heterocycles. The molecule has 0 amide bonds. The van der Waals surface area contributed by atoms with Crippen molar-refractivity contribution >= 4 is 22.7 Å². The van der Waals surface area contributed by atoms with Crippen molar-refractivity contribution in [3.8, 4) is 0 Å². The van der Waals surface area contributed by atoms with E-state index in [1.54, 1.807) is 24.3 Å². The lowest BCUT2D eigenvalue weighted by Crippen LogP contribution is -2.23. The molecular formula is C17H14N2O6. The average molecular weight is 342 g/mol. The molecule has 0 aliphatic carbocycles. The van der Waals surface area contributed by atoms with Crippen LogP contribution >= 0.6 is 0 Å². The summed E-state index contributed by atoms with van der Waals surface area (Å²) in [6, 6.07) is 9.58. The molecule has 0 saturated carbocycles. The van der Waals surface area contributed by atoms with Crippen molar-refractivity contribution in [2.75, 3.05) is 7.11 Å². The van der Waals surface area contributed by atoms with Crippen molar-refractivity contribution < 1.29 is 23.5 Å². The van der Waals surface area contributed by atoms with Crippen molar-refractivity contribution in [3.05, 3.63) is 64.0 Å². The van der Waals surface area contributed by atoms with Gasteiger partial charge in [0.05, 0.1) is 12.5 Å². The molecule has 25 heavy (non-hydrogen) atoms. The number of hydrogen-bond donors (Lipinski definition) is 0. The quantitative estimate of drug-likeness (QED) is 0.665. The summed E-state index contributed by atoms with van der Waals surface area (Å²) >= 11 is 0. The molecule has 0 radical (unpaired) electrons. The molecule has 0 fully saturated rings. The van der Waals surface area contributed by atoms with Crippen LogP contribution in [0.1, 0.15) is 26.8 Å². The van der Waals surface area contributed by atoms with Crippen LogP contribution in [0.3, 0.4) is 0 Å². The summed E-state index contributed by atoms with van der Waals surface area (Å²) in [5.41, 5.74) is -0.279. The van der Waals surface area contributed by atoms with Crippen molar-refractivity contribution in [2.45, 2.75) is 6.61 Å². The zero-order chi connectivity index (χ0) is 18.0. The van der Waals surface area contributed by atoms with E-state index in [2.05, 4.69) is 9.84 Å². The van der Waals surface area contributed by atoms with E-state index in [0.717, 1.165) is 4.68 Å². The molecule has 0 aliphatic heterocycles. The normalized spacial score (nSPS) is 10.6. The molecule has 0 unspecified atom stereocenters. The van der Waals surface area contributed by atoms with Crippen LogP contribution in [0.25, 0.3) is 10.8 Å². The maximum Gasteiger partial charge on any atom is 0.373 e. The SMILES string of the molecule is COC(=O)c1ccc(COC(=O)c2nn(C)c(=O)c3ccccc23)o1. The highest BCUT2D eigenvalue weighted by Gasteiger charge is 2.18. The fourth-order valence-corrected chi connectivity index (χ4v) is 2.32. The second-order valence-electron chi connectivity index (χ2n) is 5.16. The number of aryl methyl sites for hydroxylation is 1. The van der Waals surface area contributed by atoms with Gasteiger partial charge in [0.25, 0.3) is 5.56 Å². The molecule has 0 bridgehead atoms. The van der Waals surface area contributed by atoms with E-state index in [9.17, 15) is 14.4 Å². The number of furan rings is 1. The van der Waals surface area contributed by atoms with Crippen LogP contribution in [0.2, 0.25) is 0 Å². The highest BCUT2D eigenvalue weighted by Crippen LogP contribution is 2.16. The number of carbonyl (C=O) groups is 2. The van der Waals surface area contributed by atoms with E-state index in [0.29, 0.717) is 10.8 Å². The van der Waals surface area contributed by atoms with Gasteiger partial charge >= 0.3 is 11.9 Å². The van der Waals surface area contributed by atoms with E-state index >= 15 is 0 Å². The first-order valence-corrected chi connectivity index (χ1v) is 7.31. The van der Waals surface area contributed by atoms with Gasteiger partial charge in [0.15, 0.2) is 5.69 Å². The number of fused-ring (bicyclic) bond motifs is 1. The third kappa shape index (κ3) is 3.14. The predicted molar refractivity (Wildman–Crippen MR) is 86.2 cm³/mol. The fourth-order valence-electron chi connectivity index (χ4n) is 2.32. The summed E-state index contributed by atoms with van der Waals surface area (Å²) in [4.78, 5) is 35.8. The van der Waals surface area contributed by atoms with Gasteiger partial charge in [-0.05, 0) is 18.2 Å². The topological polar surface area (TPSA) is 101 Å². The molecule has 0 spiro atoms. The lowest BCUT2D eigenvalue weighted by atomic mass is 10.1. The Bertz CT molecular complexity index is 1020. The smallest absolute Gasteiger partial charge is 0.373 e. The molecule has 0 aliphatic rings. The van der Waals surface area contributed by atoms with Gasteiger partial charge in [-0.15, -0.1) is 0 Å². The molecule has 128 valence electrons. The van der Waals surface area contributed by atoms with Gasteiger partial charge in [0.1, 0.15) is 12.4 Å². The second kappa shape index (κ2) is 6.60. The highest BCUT2D eigenvalue weighted by molar-refractivity contribution is 6.02. The summed E-state index contributed by atoms with van der Waals surface area (Å²) in [5, 5.41) is 4.77. The lowest BCUT2D eigenvalue weighted by Gasteiger charge is -2.07. The summed E-state index contributed by atoms with van der Waals surface area (Å²) in [6.45, 7) is -0.186. The van der Waals surface area contributed by atoms with Gasteiger partial charge in [0.2, 0.25) is 5.76 Å². The number of benzene rings is 1. The van der Waals surface area contributed by atoms with Gasteiger partial charge in [-0.3, -0.25) is 4.79 Å². The largest absolute Gasteiger partial charge is 0.463 e. The first-order valence-electron chi connectivity index (χ1n) is 7.31. The molecule has 0 saturated heterocycles. The Hall–Kier alpha value is -3.42. The summed E-state index contributed by atoms with van der Waals surface area (Å²) < 4.78 is 16.0. The van der Waals surface area contributed by atoms with Crippen molar-refractivity contribution in [1.29, 1.82) is 0 Å². The number of hydrogen-bond acceptors (Lipinski definition) is 7. The van der Waals surface area contributed by atoms with Crippen molar-refractivity contribution in [3.63, 3.8) is 0 Å². The molecule has 8 nitrogen and oxygen atoms in total. The Morgan fingerprint density at radius 2 is 1.84 bits per heavy atom. The second-order valence-corrected chi connectivity index (χ2v) is 5.16. The predicted octanol–water partition coefficient (Wildman–Crippen LogP) is 1.67. The minimum Gasteiger partial charge on any atom is -0.463 e. The van der Waals surface area contributed by atoms with E-state index < -0.39 is 11.9 Å². The van der Waals surface area contributed by atoms with Crippen LogP contribution < -0.4 is 5.56 Å². The minimum absolute atomic E-state index is 0.0132. The van der Waals surface area contributed by atoms with Gasteiger partial charge in [-0.1, -0.05) is 18.2 Å². The van der Waals surface area contributed by atoms with Crippen LogP contribution in [0.4, 0.5) is 0 Å². The van der Waals surface area contributed by atoms with Crippen LogP contribution in [0.15, 0.2) is 45.6 Å². The van der Waals surface area contributed by atoms with E-state index in [1.807, 2.05) is 0 Å². The molecule has 3 rings (SSSR count). The Morgan fingerprint density at radius 3 is 2.56 bits per heavy atom. The Kier molecular flexibility index (Phi) is 4.34. The summed E-state index contributed by atoms with van der Waals surface area (Å²) in [6.07, 6.45) is 0. The van der Waals surface area contributed by atoms with Gasteiger partial charge in [-0.2, -0.15) is 5.10 Å². The number of esters is 2. The number of rotatable bonds is 4. The standard InChI is InChI=1S/C17H14N2O6/c1-19-15(20)12-6-4-3-5-11(12)14(18-19)17(22)24-9-10-7-8-13(25-10)16(21)23-2/h3-8H,9H2,1-2H3. The molecule has 0 atom stereocenters. The van der Waals surface area contributed by atoms with Crippen molar-refractivity contribution in [2.24, 2.45) is 7.05 Å². The van der Waals surface area contributed by atoms with E-state index in [4.69, 9.17) is 9.15 Å². The molecule has 8 heteroatoms. The van der Waals surface area contributed by atoms with Crippen molar-refractivity contribution in [1.82, 2.24) is 9.78 Å². The van der Waals surface area contributed by atoms with Crippen LogP contribution in [-0.4, -0.2) is 28.8 Å². The number of ether oxygens (including phenoxy) is 2. The molecule has 0 N–H and O–H groups in total. The summed E-state index contributed by atoms with van der Waals surface area (Å²) in [7, 11) is 2.70. The number of methoxy groups -OCH3 is 1. The van der Waals surface area contributed by atoms with Crippen LogP contribution in [-0.2, 0) is 23.1 Å². The van der Waals surface area contributed by atoms with Crippen LogP contribution in [0.5, 0.6) is 0 Å². The van der Waals surface area contributed by atoms with E-state index in [-0.39, 0.29) is 29.4 Å². The molecule has 2 heterocycles. The molecular weight excluding hydrogens is 328 g/mol. The number of carbonyl (C=O) groups excluding carboxylic acids is 2. The zero-order valence-electron chi connectivity index (χ0n) is 13.5. The first kappa shape index (κ1) is 16.4. The first-order chi connectivity index (χ1) is 12.0. The maximum atomic E-state index is 12.4. The monoisotopic (exact) mass is 342 g/mol. The fraction of sp³-hybridized carbons (Fsp3) is 0.176. The Labute approximate surface area is 141 Å². The number of aromatic nitrogens is 2. The number of nitrogens with zero attached hydrogens (tertiary/aromatic N) is 2.